The van der Waals surface area contributed by atoms with E-state index in [0.29, 0.717) is 0 Å². The van der Waals surface area contributed by atoms with E-state index in [4.69, 9.17) is 0 Å². The first kappa shape index (κ1) is 19.7. The van der Waals surface area contributed by atoms with Crippen LogP contribution in [-0.2, 0) is 20.9 Å². The van der Waals surface area contributed by atoms with Crippen molar-refractivity contribution in [3.05, 3.63) is 71.8 Å². The van der Waals surface area contributed by atoms with Crippen LogP contribution in [0.2, 0.25) is 0 Å². The van der Waals surface area contributed by atoms with Crippen LogP contribution in [0.3, 0.4) is 0 Å². The number of ketones is 1. The summed E-state index contributed by atoms with van der Waals surface area (Å²) < 4.78 is 34.3. The first-order valence-corrected chi connectivity index (χ1v) is 8.34. The second-order valence-corrected chi connectivity index (χ2v) is 5.74. The first-order chi connectivity index (χ1) is 12.4. The van der Waals surface area contributed by atoms with Crippen LogP contribution in [-0.4, -0.2) is 24.3 Å². The molecule has 2 rings (SSSR count). The van der Waals surface area contributed by atoms with Crippen LogP contribution >= 0.6 is 0 Å². The Labute approximate surface area is 151 Å². The summed E-state index contributed by atoms with van der Waals surface area (Å²) in [4.78, 5) is 23.5. The summed E-state index contributed by atoms with van der Waals surface area (Å²) in [6, 6.07) is 15.5. The number of rotatable bonds is 9. The van der Waals surface area contributed by atoms with Crippen LogP contribution in [0.15, 0.2) is 60.7 Å². The predicted octanol–water partition coefficient (Wildman–Crippen LogP) is 3.68. The minimum Gasteiger partial charge on any atom is -0.466 e. The fraction of sp³-hybridized carbons (Fsp3) is 0.300. The molecule has 0 aromatic heterocycles. The summed E-state index contributed by atoms with van der Waals surface area (Å²) in [5.41, 5.74) is 1.08. The highest BCUT2D eigenvalue weighted by molar-refractivity contribution is 5.99. The fourth-order valence-corrected chi connectivity index (χ4v) is 2.54. The third kappa shape index (κ3) is 5.20. The van der Waals surface area contributed by atoms with Gasteiger partial charge in [0, 0.05) is 6.54 Å². The van der Waals surface area contributed by atoms with Crippen molar-refractivity contribution in [2.24, 2.45) is 0 Å². The quantitative estimate of drug-likeness (QED) is 0.547. The molecular weight excluding hydrogens is 340 g/mol. The normalized spacial score (nSPS) is 12.4. The van der Waals surface area contributed by atoms with Gasteiger partial charge in [-0.1, -0.05) is 60.7 Å². The number of alkyl halides is 2. The highest BCUT2D eigenvalue weighted by Gasteiger charge is 2.48. The molecule has 0 bridgehead atoms. The molecule has 26 heavy (non-hydrogen) atoms. The van der Waals surface area contributed by atoms with Crippen molar-refractivity contribution in [3.8, 4) is 0 Å². The molecule has 0 heterocycles. The smallest absolute Gasteiger partial charge is 0.324 e. The molecule has 0 saturated heterocycles. The van der Waals surface area contributed by atoms with Crippen molar-refractivity contribution < 1.29 is 23.1 Å². The van der Waals surface area contributed by atoms with E-state index >= 15 is 0 Å². The molecule has 4 nitrogen and oxygen atoms in total. The van der Waals surface area contributed by atoms with Crippen LogP contribution in [0.25, 0.3) is 0 Å². The number of carbonyl (C=O) groups excluding carboxylic acids is 2. The lowest BCUT2D eigenvalue weighted by Gasteiger charge is -2.27. The Hall–Kier alpha value is -2.60. The van der Waals surface area contributed by atoms with Gasteiger partial charge in [-0.3, -0.25) is 9.59 Å². The molecule has 0 aliphatic carbocycles. The summed E-state index contributed by atoms with van der Waals surface area (Å²) in [7, 11) is 0. The average molecular weight is 361 g/mol. The van der Waals surface area contributed by atoms with Crippen LogP contribution in [0.5, 0.6) is 0 Å². The number of halogens is 2. The van der Waals surface area contributed by atoms with E-state index in [1.54, 1.807) is 49.4 Å². The van der Waals surface area contributed by atoms with Gasteiger partial charge in [0.05, 0.1) is 6.61 Å². The molecule has 1 N–H and O–H groups in total. The van der Waals surface area contributed by atoms with E-state index in [0.717, 1.165) is 5.56 Å². The third-order valence-electron chi connectivity index (χ3n) is 3.83. The Morgan fingerprint density at radius 3 is 2.19 bits per heavy atom. The average Bonchev–Trinajstić information content (AvgIpc) is 2.63. The van der Waals surface area contributed by atoms with Crippen LogP contribution in [0, 0.1) is 0 Å². The summed E-state index contributed by atoms with van der Waals surface area (Å²) in [6.45, 7) is 1.74. The number of ether oxygens (including phenoxy) is 1. The number of esters is 1. The van der Waals surface area contributed by atoms with E-state index in [-0.39, 0.29) is 18.7 Å². The lowest BCUT2D eigenvalue weighted by molar-refractivity contribution is -0.156. The van der Waals surface area contributed by atoms with Crippen molar-refractivity contribution in [2.75, 3.05) is 6.61 Å². The maximum Gasteiger partial charge on any atom is 0.324 e. The van der Waals surface area contributed by atoms with Gasteiger partial charge < -0.3 is 10.1 Å². The second-order valence-electron chi connectivity index (χ2n) is 5.74. The molecule has 2 aromatic rings. The van der Waals surface area contributed by atoms with Gasteiger partial charge in [-0.05, 0) is 18.1 Å². The summed E-state index contributed by atoms with van der Waals surface area (Å²) in [5, 5.41) is 2.76. The van der Waals surface area contributed by atoms with Crippen molar-refractivity contribution >= 4 is 11.8 Å². The molecule has 1 unspecified atom stereocenters. The maximum atomic E-state index is 14.9. The van der Waals surface area contributed by atoms with Gasteiger partial charge in [0.1, 0.15) is 12.5 Å². The zero-order chi connectivity index (χ0) is 19.0. The van der Waals surface area contributed by atoms with Crippen molar-refractivity contribution in [3.63, 3.8) is 0 Å². The van der Waals surface area contributed by atoms with Gasteiger partial charge in [0.2, 0.25) is 5.78 Å². The highest BCUT2D eigenvalue weighted by atomic mass is 19.3. The largest absolute Gasteiger partial charge is 0.466 e. The minimum absolute atomic E-state index is 0.0338. The van der Waals surface area contributed by atoms with Gasteiger partial charge in [-0.2, -0.15) is 8.78 Å². The van der Waals surface area contributed by atoms with Gasteiger partial charge in [0.15, 0.2) is 0 Å². The van der Waals surface area contributed by atoms with Gasteiger partial charge in [-0.25, -0.2) is 0 Å². The lowest BCUT2D eigenvalue weighted by Crippen LogP contribution is -2.44. The third-order valence-corrected chi connectivity index (χ3v) is 3.83. The summed E-state index contributed by atoms with van der Waals surface area (Å²) in [5.74, 6) is -6.18. The number of nitrogens with one attached hydrogen (secondary N) is 1. The topological polar surface area (TPSA) is 55.4 Å². The van der Waals surface area contributed by atoms with Gasteiger partial charge in [-0.15, -0.1) is 0 Å². The standard InChI is InChI=1S/C20H21F2NO3/c1-2-26-18(25)13-17(24)20(21,22)19(16-11-7-4-8-12-16)23-14-15-9-5-3-6-10-15/h3-12,19,23H,2,13-14H2,1H3. The molecule has 138 valence electrons. The molecule has 0 aliphatic rings. The fourth-order valence-electron chi connectivity index (χ4n) is 2.54. The Balaban J connectivity index is 2.21. The molecule has 2 aromatic carbocycles. The number of Topliss-reactive ketones (excluding diaryl/α,β-unsaturated/α-hetero) is 1. The molecule has 6 heteroatoms. The Bertz CT molecular complexity index is 720. The van der Waals surface area contributed by atoms with E-state index < -0.39 is 30.1 Å². The zero-order valence-electron chi connectivity index (χ0n) is 14.5. The van der Waals surface area contributed by atoms with Crippen molar-refractivity contribution in [1.29, 1.82) is 0 Å². The molecule has 0 spiro atoms. The first-order valence-electron chi connectivity index (χ1n) is 8.34. The molecule has 0 aliphatic heterocycles. The molecular formula is C20H21F2NO3. The number of hydrogen-bond acceptors (Lipinski definition) is 4. The van der Waals surface area contributed by atoms with Crippen LogP contribution in [0.4, 0.5) is 8.78 Å². The van der Waals surface area contributed by atoms with Gasteiger partial charge >= 0.3 is 11.9 Å². The minimum atomic E-state index is -3.76. The lowest BCUT2D eigenvalue weighted by atomic mass is 9.95. The van der Waals surface area contributed by atoms with Crippen LogP contribution in [0.1, 0.15) is 30.5 Å². The number of carbonyl (C=O) groups is 2. The Morgan fingerprint density at radius 1 is 1.04 bits per heavy atom. The Morgan fingerprint density at radius 2 is 1.62 bits per heavy atom. The molecule has 1 atom stereocenters. The van der Waals surface area contributed by atoms with E-state index in [9.17, 15) is 18.4 Å². The van der Waals surface area contributed by atoms with Crippen LogP contribution < -0.4 is 5.32 Å². The van der Waals surface area contributed by atoms with Crippen molar-refractivity contribution in [2.45, 2.75) is 31.9 Å². The summed E-state index contributed by atoms with van der Waals surface area (Å²) >= 11 is 0. The van der Waals surface area contributed by atoms with Crippen molar-refractivity contribution in [1.82, 2.24) is 5.32 Å². The Kier molecular flexibility index (Phi) is 6.97. The number of hydrogen-bond donors (Lipinski definition) is 1. The van der Waals surface area contributed by atoms with E-state index in [2.05, 4.69) is 10.1 Å². The summed E-state index contributed by atoms with van der Waals surface area (Å²) in [6.07, 6.45) is -0.961. The highest BCUT2D eigenvalue weighted by Crippen LogP contribution is 2.33. The predicted molar refractivity (Wildman–Crippen MR) is 93.7 cm³/mol. The molecule has 0 radical (unpaired) electrons. The van der Waals surface area contributed by atoms with Gasteiger partial charge in [0.25, 0.3) is 0 Å². The van der Waals surface area contributed by atoms with E-state index in [1.165, 1.54) is 12.1 Å². The second kappa shape index (κ2) is 9.20. The molecule has 0 saturated carbocycles. The SMILES string of the molecule is CCOC(=O)CC(=O)C(F)(F)C(NCc1ccccc1)c1ccccc1. The zero-order valence-corrected chi connectivity index (χ0v) is 14.5. The van der Waals surface area contributed by atoms with E-state index in [1.807, 2.05) is 6.07 Å². The molecule has 0 amide bonds. The molecule has 0 fully saturated rings. The number of benzene rings is 2. The maximum absolute atomic E-state index is 14.9. The monoisotopic (exact) mass is 361 g/mol.